The van der Waals surface area contributed by atoms with E-state index >= 15 is 0 Å². The average Bonchev–Trinajstić information content (AvgIpc) is 3.26. The highest BCUT2D eigenvalue weighted by Gasteiger charge is 2.45. The number of aryl methyl sites for hydroxylation is 1. The summed E-state index contributed by atoms with van der Waals surface area (Å²) in [6.07, 6.45) is 0.933. The number of hydroxylamine groups is 2. The lowest BCUT2D eigenvalue weighted by Crippen LogP contribution is -2.45. The highest BCUT2D eigenvalue weighted by molar-refractivity contribution is 7.09. The first-order valence-electron chi connectivity index (χ1n) is 8.36. The first-order valence-corrected chi connectivity index (χ1v) is 9.24. The van der Waals surface area contributed by atoms with Crippen molar-refractivity contribution in [1.82, 2.24) is 14.9 Å². The van der Waals surface area contributed by atoms with Crippen molar-refractivity contribution in [3.05, 3.63) is 16.1 Å². The van der Waals surface area contributed by atoms with Crippen molar-refractivity contribution in [1.29, 1.82) is 0 Å². The molecule has 3 aliphatic rings. The van der Waals surface area contributed by atoms with E-state index in [-0.39, 0.29) is 11.8 Å². The van der Waals surface area contributed by atoms with E-state index in [1.807, 2.05) is 6.92 Å². The van der Waals surface area contributed by atoms with E-state index in [0.717, 1.165) is 43.4 Å². The average molecular weight is 337 g/mol. The summed E-state index contributed by atoms with van der Waals surface area (Å²) in [5.74, 6) is 0.873. The van der Waals surface area contributed by atoms with Crippen molar-refractivity contribution in [2.45, 2.75) is 19.9 Å². The van der Waals surface area contributed by atoms with Gasteiger partial charge in [0, 0.05) is 25.0 Å². The van der Waals surface area contributed by atoms with Gasteiger partial charge >= 0.3 is 0 Å². The molecule has 3 fully saturated rings. The molecule has 1 amide bonds. The van der Waals surface area contributed by atoms with Crippen LogP contribution in [0.4, 0.5) is 0 Å². The number of hydrogen-bond acceptors (Lipinski definition) is 6. The molecule has 0 N–H and O–H groups in total. The summed E-state index contributed by atoms with van der Waals surface area (Å²) < 4.78 is 5.74. The summed E-state index contributed by atoms with van der Waals surface area (Å²) in [5, 5.41) is 4.80. The van der Waals surface area contributed by atoms with Crippen molar-refractivity contribution < 1.29 is 14.4 Å². The van der Waals surface area contributed by atoms with Crippen molar-refractivity contribution in [3.8, 4) is 0 Å². The largest absolute Gasteiger partial charge is 0.380 e. The molecule has 1 aromatic heterocycles. The number of hydrogen-bond donors (Lipinski definition) is 0. The Balaban J connectivity index is 1.42. The van der Waals surface area contributed by atoms with Gasteiger partial charge in [0.25, 0.3) is 5.91 Å². The number of thiazole rings is 1. The van der Waals surface area contributed by atoms with Crippen LogP contribution < -0.4 is 0 Å². The highest BCUT2D eigenvalue weighted by atomic mass is 32.1. The third-order valence-electron chi connectivity index (χ3n) is 5.08. The number of rotatable bonds is 3. The summed E-state index contributed by atoms with van der Waals surface area (Å²) in [5.41, 5.74) is 1.14. The van der Waals surface area contributed by atoms with E-state index in [9.17, 15) is 4.79 Å². The Bertz CT molecular complexity index is 573. The first-order chi connectivity index (χ1) is 11.2. The Morgan fingerprint density at radius 2 is 2.35 bits per heavy atom. The zero-order chi connectivity index (χ0) is 15.8. The number of carbonyl (C=O) groups is 1. The van der Waals surface area contributed by atoms with Crippen molar-refractivity contribution in [2.24, 2.45) is 17.8 Å². The van der Waals surface area contributed by atoms with Gasteiger partial charge in [-0.05, 0) is 25.2 Å². The van der Waals surface area contributed by atoms with Gasteiger partial charge in [-0.2, -0.15) is 0 Å². The maximum absolute atomic E-state index is 12.7. The minimum atomic E-state index is -0.0611. The van der Waals surface area contributed by atoms with Crippen molar-refractivity contribution in [2.75, 3.05) is 39.5 Å². The molecular weight excluding hydrogens is 314 g/mol. The van der Waals surface area contributed by atoms with Gasteiger partial charge in [-0.25, -0.2) is 10.0 Å². The molecule has 0 aliphatic carbocycles. The first kappa shape index (κ1) is 15.5. The molecule has 3 saturated heterocycles. The summed E-state index contributed by atoms with van der Waals surface area (Å²) in [4.78, 5) is 25.1. The Morgan fingerprint density at radius 3 is 3.09 bits per heavy atom. The molecule has 4 rings (SSSR count). The number of amides is 1. The number of ether oxygens (including phenoxy) is 1. The molecule has 0 unspecified atom stereocenters. The Labute approximate surface area is 140 Å². The smallest absolute Gasteiger partial charge is 0.251 e. The van der Waals surface area contributed by atoms with Crippen LogP contribution in [0.1, 0.15) is 17.1 Å². The van der Waals surface area contributed by atoms with Crippen LogP contribution in [0.3, 0.4) is 0 Å². The van der Waals surface area contributed by atoms with Crippen LogP contribution >= 0.6 is 11.3 Å². The second kappa shape index (κ2) is 6.47. The van der Waals surface area contributed by atoms with Gasteiger partial charge in [-0.3, -0.25) is 14.5 Å². The molecule has 0 spiro atoms. The van der Waals surface area contributed by atoms with E-state index < -0.39 is 0 Å². The lowest BCUT2D eigenvalue weighted by Gasteiger charge is -2.33. The van der Waals surface area contributed by atoms with Gasteiger partial charge in [-0.15, -0.1) is 11.3 Å². The van der Waals surface area contributed by atoms with Gasteiger partial charge in [0.05, 0.1) is 43.0 Å². The molecule has 0 bridgehead atoms. The van der Waals surface area contributed by atoms with Crippen LogP contribution in [0, 0.1) is 24.7 Å². The fraction of sp³-hybridized carbons (Fsp3) is 0.750. The van der Waals surface area contributed by atoms with Gasteiger partial charge in [-0.1, -0.05) is 0 Å². The van der Waals surface area contributed by atoms with Crippen LogP contribution in [0.5, 0.6) is 0 Å². The second-order valence-electron chi connectivity index (χ2n) is 6.75. The minimum absolute atomic E-state index is 0.0611. The normalized spacial score (nSPS) is 31.5. The van der Waals surface area contributed by atoms with Crippen LogP contribution in [0.2, 0.25) is 0 Å². The SMILES string of the molecule is Cc1nc(CN2C[C@@H]3COC[C@@H](C(=O)N4CCCO4)[C@@H]3C2)cs1. The molecule has 23 heavy (non-hydrogen) atoms. The van der Waals surface area contributed by atoms with Gasteiger partial charge in [0.1, 0.15) is 0 Å². The van der Waals surface area contributed by atoms with Crippen LogP contribution in [-0.2, 0) is 20.9 Å². The zero-order valence-corrected chi connectivity index (χ0v) is 14.3. The monoisotopic (exact) mass is 337 g/mol. The Hall–Kier alpha value is -1.02. The third kappa shape index (κ3) is 3.15. The highest BCUT2D eigenvalue weighted by Crippen LogP contribution is 2.36. The molecule has 0 aromatic carbocycles. The third-order valence-corrected chi connectivity index (χ3v) is 5.90. The topological polar surface area (TPSA) is 54.9 Å². The molecule has 4 heterocycles. The number of aromatic nitrogens is 1. The fourth-order valence-corrected chi connectivity index (χ4v) is 4.59. The van der Waals surface area contributed by atoms with Gasteiger partial charge in [0.15, 0.2) is 0 Å². The predicted octanol–water partition coefficient (Wildman–Crippen LogP) is 1.31. The summed E-state index contributed by atoms with van der Waals surface area (Å²) in [6, 6.07) is 0. The lowest BCUT2D eigenvalue weighted by atomic mass is 9.82. The van der Waals surface area contributed by atoms with Crippen molar-refractivity contribution >= 4 is 17.2 Å². The summed E-state index contributed by atoms with van der Waals surface area (Å²) in [7, 11) is 0. The molecule has 1 aromatic rings. The molecule has 3 aliphatic heterocycles. The molecular formula is C16H23N3O3S. The van der Waals surface area contributed by atoms with E-state index in [4.69, 9.17) is 9.57 Å². The van der Waals surface area contributed by atoms with Crippen LogP contribution in [0.25, 0.3) is 0 Å². The van der Waals surface area contributed by atoms with Crippen LogP contribution in [0.15, 0.2) is 5.38 Å². The number of fused-ring (bicyclic) bond motifs is 1. The second-order valence-corrected chi connectivity index (χ2v) is 7.81. The maximum Gasteiger partial charge on any atom is 0.251 e. The molecule has 126 valence electrons. The van der Waals surface area contributed by atoms with Gasteiger partial charge < -0.3 is 4.74 Å². The maximum atomic E-state index is 12.7. The molecule has 7 heteroatoms. The fourth-order valence-electron chi connectivity index (χ4n) is 3.99. The van der Waals surface area contributed by atoms with E-state index in [0.29, 0.717) is 31.6 Å². The predicted molar refractivity (Wildman–Crippen MR) is 85.7 cm³/mol. The van der Waals surface area contributed by atoms with Crippen molar-refractivity contribution in [3.63, 3.8) is 0 Å². The Morgan fingerprint density at radius 1 is 1.43 bits per heavy atom. The molecule has 6 nitrogen and oxygen atoms in total. The van der Waals surface area contributed by atoms with E-state index in [2.05, 4.69) is 15.3 Å². The summed E-state index contributed by atoms with van der Waals surface area (Å²) >= 11 is 1.70. The summed E-state index contributed by atoms with van der Waals surface area (Å²) in [6.45, 7) is 7.53. The molecule has 0 saturated carbocycles. The Kier molecular flexibility index (Phi) is 4.36. The number of likely N-dealkylation sites (tertiary alicyclic amines) is 1. The minimum Gasteiger partial charge on any atom is -0.380 e. The van der Waals surface area contributed by atoms with Crippen LogP contribution in [-0.4, -0.2) is 60.3 Å². The van der Waals surface area contributed by atoms with Gasteiger partial charge in [0.2, 0.25) is 0 Å². The van der Waals surface area contributed by atoms with E-state index in [1.165, 1.54) is 0 Å². The van der Waals surface area contributed by atoms with E-state index in [1.54, 1.807) is 16.4 Å². The molecule has 3 atom stereocenters. The standard InChI is InChI=1S/C16H23N3O3S/c1-11-17-13(10-23-11)6-18-5-12-8-21-9-15(14(12)7-18)16(20)19-3-2-4-22-19/h10,12,14-15H,2-9H2,1H3/t12-,14-,15-/m1/s1. The zero-order valence-electron chi connectivity index (χ0n) is 13.4. The number of carbonyl (C=O) groups excluding carboxylic acids is 1. The molecule has 0 radical (unpaired) electrons. The quantitative estimate of drug-likeness (QED) is 0.832. The lowest BCUT2D eigenvalue weighted by molar-refractivity contribution is -0.181. The number of nitrogens with zero attached hydrogens (tertiary/aromatic N) is 3.